The van der Waals surface area contributed by atoms with E-state index in [-0.39, 0.29) is 5.91 Å². The van der Waals surface area contributed by atoms with Crippen molar-refractivity contribution in [2.45, 2.75) is 13.8 Å². The maximum absolute atomic E-state index is 12.2. The van der Waals surface area contributed by atoms with Crippen LogP contribution in [0.15, 0.2) is 65.1 Å². The number of furan rings is 1. The van der Waals surface area contributed by atoms with E-state index in [9.17, 15) is 9.59 Å². The fourth-order valence-corrected chi connectivity index (χ4v) is 2.55. The second-order valence-corrected chi connectivity index (χ2v) is 5.68. The molecule has 0 aliphatic carbocycles. The standard InChI is InChI=1S/C20H18N2O3/c1-13-12-18(14(2)25-13)20(24)22-21-19(23)17-10-8-16(9-11-17)15-6-4-3-5-7-15/h3-12H,1-2H3,(H,21,23)(H,22,24). The maximum atomic E-state index is 12.2. The molecule has 0 unspecified atom stereocenters. The lowest BCUT2D eigenvalue weighted by Gasteiger charge is -2.08. The van der Waals surface area contributed by atoms with Crippen molar-refractivity contribution in [1.29, 1.82) is 0 Å². The highest BCUT2D eigenvalue weighted by Gasteiger charge is 2.14. The van der Waals surface area contributed by atoms with Gasteiger partial charge < -0.3 is 4.42 Å². The number of hydrogen-bond donors (Lipinski definition) is 2. The molecule has 0 radical (unpaired) electrons. The van der Waals surface area contributed by atoms with Crippen LogP contribution < -0.4 is 10.9 Å². The Morgan fingerprint density at radius 1 is 0.800 bits per heavy atom. The number of carbonyl (C=O) groups excluding carboxylic acids is 2. The van der Waals surface area contributed by atoms with Gasteiger partial charge in [-0.05, 0) is 43.2 Å². The highest BCUT2D eigenvalue weighted by Crippen LogP contribution is 2.19. The molecule has 0 spiro atoms. The molecule has 25 heavy (non-hydrogen) atoms. The summed E-state index contributed by atoms with van der Waals surface area (Å²) in [6.07, 6.45) is 0. The molecule has 5 heteroatoms. The topological polar surface area (TPSA) is 71.3 Å². The largest absolute Gasteiger partial charge is 0.466 e. The Hall–Kier alpha value is -3.34. The van der Waals surface area contributed by atoms with Gasteiger partial charge in [-0.15, -0.1) is 0 Å². The lowest BCUT2D eigenvalue weighted by Crippen LogP contribution is -2.41. The molecule has 0 fully saturated rings. The van der Waals surface area contributed by atoms with Crippen LogP contribution in [0.25, 0.3) is 11.1 Å². The first-order valence-electron chi connectivity index (χ1n) is 7.88. The number of aryl methyl sites for hydroxylation is 2. The van der Waals surface area contributed by atoms with Gasteiger partial charge in [0.1, 0.15) is 11.5 Å². The molecule has 1 heterocycles. The van der Waals surface area contributed by atoms with Crippen molar-refractivity contribution in [1.82, 2.24) is 10.9 Å². The first-order valence-corrected chi connectivity index (χ1v) is 7.88. The van der Waals surface area contributed by atoms with Crippen molar-refractivity contribution in [2.75, 3.05) is 0 Å². The molecular weight excluding hydrogens is 316 g/mol. The summed E-state index contributed by atoms with van der Waals surface area (Å²) in [6, 6.07) is 18.7. The molecule has 0 aliphatic rings. The molecule has 3 aromatic rings. The predicted molar refractivity (Wildman–Crippen MR) is 95.0 cm³/mol. The second kappa shape index (κ2) is 7.05. The minimum Gasteiger partial charge on any atom is -0.466 e. The minimum atomic E-state index is -0.413. The van der Waals surface area contributed by atoms with Crippen LogP contribution in [0, 0.1) is 13.8 Å². The Morgan fingerprint density at radius 2 is 1.40 bits per heavy atom. The fourth-order valence-electron chi connectivity index (χ4n) is 2.55. The Morgan fingerprint density at radius 3 is 2.00 bits per heavy atom. The van der Waals surface area contributed by atoms with E-state index in [1.165, 1.54) is 0 Å². The summed E-state index contributed by atoms with van der Waals surface area (Å²) in [5.41, 5.74) is 7.77. The fraction of sp³-hybridized carbons (Fsp3) is 0.100. The van der Waals surface area contributed by atoms with E-state index in [2.05, 4.69) is 10.9 Å². The van der Waals surface area contributed by atoms with Gasteiger partial charge in [-0.3, -0.25) is 20.4 Å². The molecule has 126 valence electrons. The molecule has 2 N–H and O–H groups in total. The first kappa shape index (κ1) is 16.5. The lowest BCUT2D eigenvalue weighted by atomic mass is 10.0. The zero-order chi connectivity index (χ0) is 17.8. The summed E-state index contributed by atoms with van der Waals surface area (Å²) in [6.45, 7) is 3.46. The monoisotopic (exact) mass is 334 g/mol. The number of carbonyl (C=O) groups is 2. The van der Waals surface area contributed by atoms with Crippen LogP contribution in [0.3, 0.4) is 0 Å². The number of amides is 2. The van der Waals surface area contributed by atoms with Gasteiger partial charge in [0.05, 0.1) is 5.56 Å². The van der Waals surface area contributed by atoms with Gasteiger partial charge in [-0.2, -0.15) is 0 Å². The summed E-state index contributed by atoms with van der Waals surface area (Å²) in [7, 11) is 0. The number of hydrogen-bond acceptors (Lipinski definition) is 3. The highest BCUT2D eigenvalue weighted by atomic mass is 16.3. The molecule has 0 saturated carbocycles. The summed E-state index contributed by atoms with van der Waals surface area (Å²) in [5, 5.41) is 0. The predicted octanol–water partition coefficient (Wildman–Crippen LogP) is 3.64. The van der Waals surface area contributed by atoms with Crippen molar-refractivity contribution in [3.05, 3.63) is 83.3 Å². The molecule has 0 bridgehead atoms. The second-order valence-electron chi connectivity index (χ2n) is 5.68. The third-order valence-electron chi connectivity index (χ3n) is 3.83. The molecule has 1 aromatic heterocycles. The lowest BCUT2D eigenvalue weighted by molar-refractivity contribution is 0.0845. The zero-order valence-corrected chi connectivity index (χ0v) is 14.0. The maximum Gasteiger partial charge on any atom is 0.273 e. The van der Waals surface area contributed by atoms with Gasteiger partial charge in [-0.1, -0.05) is 42.5 Å². The molecular formula is C20H18N2O3. The average Bonchev–Trinajstić information content (AvgIpc) is 2.98. The van der Waals surface area contributed by atoms with Crippen molar-refractivity contribution in [3.63, 3.8) is 0 Å². The quantitative estimate of drug-likeness (QED) is 0.718. The van der Waals surface area contributed by atoms with E-state index in [0.717, 1.165) is 11.1 Å². The summed E-state index contributed by atoms with van der Waals surface area (Å²) < 4.78 is 5.31. The highest BCUT2D eigenvalue weighted by molar-refractivity contribution is 5.99. The Labute approximate surface area is 145 Å². The van der Waals surface area contributed by atoms with Crippen molar-refractivity contribution >= 4 is 11.8 Å². The number of rotatable bonds is 3. The number of benzene rings is 2. The van der Waals surface area contributed by atoms with Gasteiger partial charge in [0.15, 0.2) is 0 Å². The molecule has 0 atom stereocenters. The van der Waals surface area contributed by atoms with Crippen LogP contribution >= 0.6 is 0 Å². The number of nitrogens with one attached hydrogen (secondary N) is 2. The molecule has 2 amide bonds. The SMILES string of the molecule is Cc1cc(C(=O)NNC(=O)c2ccc(-c3ccccc3)cc2)c(C)o1. The molecule has 5 nitrogen and oxygen atoms in total. The Bertz CT molecular complexity index is 896. The minimum absolute atomic E-state index is 0.383. The van der Waals surface area contributed by atoms with E-state index >= 15 is 0 Å². The zero-order valence-electron chi connectivity index (χ0n) is 14.0. The summed E-state index contributed by atoms with van der Waals surface area (Å²) in [4.78, 5) is 24.2. The van der Waals surface area contributed by atoms with Crippen LogP contribution in [0.5, 0.6) is 0 Å². The van der Waals surface area contributed by atoms with Gasteiger partial charge in [0.2, 0.25) is 0 Å². The summed E-state index contributed by atoms with van der Waals surface area (Å²) >= 11 is 0. The Kier molecular flexibility index (Phi) is 4.66. The van der Waals surface area contributed by atoms with Crippen LogP contribution in [0.1, 0.15) is 32.2 Å². The van der Waals surface area contributed by atoms with Gasteiger partial charge in [0, 0.05) is 5.56 Å². The van der Waals surface area contributed by atoms with Gasteiger partial charge >= 0.3 is 0 Å². The van der Waals surface area contributed by atoms with Crippen LogP contribution in [0.4, 0.5) is 0 Å². The van der Waals surface area contributed by atoms with E-state index in [1.807, 2.05) is 42.5 Å². The van der Waals surface area contributed by atoms with Crippen LogP contribution in [-0.2, 0) is 0 Å². The van der Waals surface area contributed by atoms with Crippen molar-refractivity contribution in [2.24, 2.45) is 0 Å². The molecule has 0 aliphatic heterocycles. The van der Waals surface area contributed by atoms with Crippen molar-refractivity contribution in [3.8, 4) is 11.1 Å². The number of hydrazine groups is 1. The van der Waals surface area contributed by atoms with E-state index in [0.29, 0.717) is 22.6 Å². The van der Waals surface area contributed by atoms with E-state index < -0.39 is 5.91 Å². The van der Waals surface area contributed by atoms with Crippen LogP contribution in [0.2, 0.25) is 0 Å². The van der Waals surface area contributed by atoms with E-state index in [1.54, 1.807) is 32.0 Å². The normalized spacial score (nSPS) is 10.3. The average molecular weight is 334 g/mol. The first-order chi connectivity index (χ1) is 12.0. The third kappa shape index (κ3) is 3.77. The molecule has 3 rings (SSSR count). The van der Waals surface area contributed by atoms with E-state index in [4.69, 9.17) is 4.42 Å². The molecule has 2 aromatic carbocycles. The van der Waals surface area contributed by atoms with Gasteiger partial charge in [0.25, 0.3) is 11.8 Å². The smallest absolute Gasteiger partial charge is 0.273 e. The Balaban J connectivity index is 1.63. The molecule has 0 saturated heterocycles. The summed E-state index contributed by atoms with van der Waals surface area (Å²) in [5.74, 6) is 0.358. The van der Waals surface area contributed by atoms with Crippen LogP contribution in [-0.4, -0.2) is 11.8 Å². The van der Waals surface area contributed by atoms with Gasteiger partial charge in [-0.25, -0.2) is 0 Å². The third-order valence-corrected chi connectivity index (χ3v) is 3.83. The van der Waals surface area contributed by atoms with Crippen molar-refractivity contribution < 1.29 is 14.0 Å².